The number of nitrogens with one attached hydrogen (secondary N) is 1. The third-order valence-electron chi connectivity index (χ3n) is 2.97. The van der Waals surface area contributed by atoms with Crippen LogP contribution >= 0.6 is 15.9 Å². The topological polar surface area (TPSA) is 12.0 Å². The molecule has 1 N–H and O–H groups in total. The van der Waals surface area contributed by atoms with Crippen molar-refractivity contribution in [2.24, 2.45) is 0 Å². The van der Waals surface area contributed by atoms with Crippen molar-refractivity contribution in [1.82, 2.24) is 0 Å². The lowest BCUT2D eigenvalue weighted by Gasteiger charge is -2.17. The van der Waals surface area contributed by atoms with E-state index in [1.165, 1.54) is 16.7 Å². The van der Waals surface area contributed by atoms with Gasteiger partial charge in [0.1, 0.15) is 0 Å². The second-order valence-corrected chi connectivity index (χ2v) is 5.71. The van der Waals surface area contributed by atoms with Crippen LogP contribution in [0.2, 0.25) is 0 Å². The molecule has 0 saturated heterocycles. The van der Waals surface area contributed by atoms with E-state index in [9.17, 15) is 0 Å². The van der Waals surface area contributed by atoms with E-state index in [2.05, 4.69) is 84.5 Å². The van der Waals surface area contributed by atoms with Crippen molar-refractivity contribution in [3.63, 3.8) is 0 Å². The van der Waals surface area contributed by atoms with E-state index in [4.69, 9.17) is 0 Å². The summed E-state index contributed by atoms with van der Waals surface area (Å²) in [4.78, 5) is 0. The van der Waals surface area contributed by atoms with Gasteiger partial charge in [-0.3, -0.25) is 0 Å². The van der Waals surface area contributed by atoms with Gasteiger partial charge in [-0.25, -0.2) is 0 Å². The molecule has 0 bridgehead atoms. The number of benzene rings is 2. The second-order valence-electron chi connectivity index (χ2n) is 4.80. The summed E-state index contributed by atoms with van der Waals surface area (Å²) in [6.07, 6.45) is 0. The van der Waals surface area contributed by atoms with E-state index in [0.29, 0.717) is 6.04 Å². The first-order valence-electron chi connectivity index (χ1n) is 6.15. The highest BCUT2D eigenvalue weighted by atomic mass is 79.9. The van der Waals surface area contributed by atoms with Gasteiger partial charge in [0.2, 0.25) is 0 Å². The van der Waals surface area contributed by atoms with Gasteiger partial charge in [0.05, 0.1) is 0 Å². The highest BCUT2D eigenvalue weighted by Gasteiger charge is 2.06. The predicted octanol–water partition coefficient (Wildman–Crippen LogP) is 5.24. The molecule has 94 valence electrons. The van der Waals surface area contributed by atoms with Crippen LogP contribution in [0, 0.1) is 13.8 Å². The Balaban J connectivity index is 2.18. The zero-order valence-corrected chi connectivity index (χ0v) is 12.6. The maximum absolute atomic E-state index is 3.54. The summed E-state index contributed by atoms with van der Waals surface area (Å²) in [5, 5.41) is 3.54. The summed E-state index contributed by atoms with van der Waals surface area (Å²) in [6.45, 7) is 6.41. The number of hydrogen-bond donors (Lipinski definition) is 1. The van der Waals surface area contributed by atoms with Crippen molar-refractivity contribution in [3.05, 3.63) is 63.6 Å². The fourth-order valence-electron chi connectivity index (χ4n) is 2.09. The lowest BCUT2D eigenvalue weighted by atomic mass is 10.1. The fourth-order valence-corrected chi connectivity index (χ4v) is 2.70. The lowest BCUT2D eigenvalue weighted by molar-refractivity contribution is 0.882. The van der Waals surface area contributed by atoms with Crippen molar-refractivity contribution in [1.29, 1.82) is 0 Å². The number of anilines is 1. The third-order valence-corrected chi connectivity index (χ3v) is 3.43. The van der Waals surface area contributed by atoms with Crippen molar-refractivity contribution >= 4 is 21.6 Å². The number of hydrogen-bond acceptors (Lipinski definition) is 1. The van der Waals surface area contributed by atoms with Crippen LogP contribution in [0.3, 0.4) is 0 Å². The van der Waals surface area contributed by atoms with Crippen molar-refractivity contribution in [2.45, 2.75) is 26.8 Å². The van der Waals surface area contributed by atoms with E-state index < -0.39 is 0 Å². The van der Waals surface area contributed by atoms with Gasteiger partial charge in [-0.15, -0.1) is 0 Å². The first kappa shape index (κ1) is 13.2. The fraction of sp³-hybridized carbons (Fsp3) is 0.250. The standard InChI is InChI=1S/C16H18BrN/c1-11-5-4-6-14(7-11)13(3)18-16-9-12(2)8-15(17)10-16/h4-10,13,18H,1-3H3. The van der Waals surface area contributed by atoms with Crippen LogP contribution in [0.4, 0.5) is 5.69 Å². The Morgan fingerprint density at radius 2 is 1.78 bits per heavy atom. The molecule has 0 amide bonds. The minimum Gasteiger partial charge on any atom is -0.378 e. The summed E-state index contributed by atoms with van der Waals surface area (Å²) in [6, 6.07) is 15.3. The molecule has 0 saturated carbocycles. The maximum Gasteiger partial charge on any atom is 0.0485 e. The maximum atomic E-state index is 3.54. The number of rotatable bonds is 3. The summed E-state index contributed by atoms with van der Waals surface area (Å²) >= 11 is 3.53. The van der Waals surface area contributed by atoms with Gasteiger partial charge in [0.25, 0.3) is 0 Å². The first-order chi connectivity index (χ1) is 8.54. The smallest absolute Gasteiger partial charge is 0.0485 e. The van der Waals surface area contributed by atoms with Crippen LogP contribution in [-0.2, 0) is 0 Å². The minimum atomic E-state index is 0.304. The van der Waals surface area contributed by atoms with Gasteiger partial charge in [-0.1, -0.05) is 45.8 Å². The zero-order valence-electron chi connectivity index (χ0n) is 11.0. The molecular formula is C16H18BrN. The van der Waals surface area contributed by atoms with E-state index >= 15 is 0 Å². The van der Waals surface area contributed by atoms with Gasteiger partial charge in [-0.2, -0.15) is 0 Å². The molecule has 0 aliphatic heterocycles. The Hall–Kier alpha value is -1.28. The van der Waals surface area contributed by atoms with Crippen LogP contribution in [0.5, 0.6) is 0 Å². The largest absolute Gasteiger partial charge is 0.378 e. The third kappa shape index (κ3) is 3.36. The molecule has 1 atom stereocenters. The Kier molecular flexibility index (Phi) is 4.07. The summed E-state index contributed by atoms with van der Waals surface area (Å²) in [5.41, 5.74) is 5.01. The van der Waals surface area contributed by atoms with Gasteiger partial charge >= 0.3 is 0 Å². The molecule has 2 aromatic carbocycles. The molecule has 1 unspecified atom stereocenters. The van der Waals surface area contributed by atoms with E-state index in [0.717, 1.165) is 10.2 Å². The molecule has 0 spiro atoms. The molecule has 18 heavy (non-hydrogen) atoms. The van der Waals surface area contributed by atoms with E-state index in [1.54, 1.807) is 0 Å². The quantitative estimate of drug-likeness (QED) is 0.817. The molecule has 2 aromatic rings. The molecule has 0 radical (unpaired) electrons. The Morgan fingerprint density at radius 3 is 2.44 bits per heavy atom. The molecule has 0 aliphatic rings. The lowest BCUT2D eigenvalue weighted by Crippen LogP contribution is -2.06. The molecule has 0 aromatic heterocycles. The SMILES string of the molecule is Cc1cc(Br)cc(NC(C)c2cccc(C)c2)c1. The highest BCUT2D eigenvalue weighted by Crippen LogP contribution is 2.24. The van der Waals surface area contributed by atoms with E-state index in [-0.39, 0.29) is 0 Å². The van der Waals surface area contributed by atoms with Gasteiger partial charge in [0.15, 0.2) is 0 Å². The normalized spacial score (nSPS) is 12.2. The molecular weight excluding hydrogens is 286 g/mol. The summed E-state index contributed by atoms with van der Waals surface area (Å²) < 4.78 is 1.11. The van der Waals surface area contributed by atoms with Crippen LogP contribution in [0.1, 0.15) is 29.7 Å². The van der Waals surface area contributed by atoms with Gasteiger partial charge in [-0.05, 0) is 50.1 Å². The van der Waals surface area contributed by atoms with Gasteiger partial charge in [0, 0.05) is 16.2 Å². The highest BCUT2D eigenvalue weighted by molar-refractivity contribution is 9.10. The second kappa shape index (κ2) is 5.57. The summed E-state index contributed by atoms with van der Waals surface area (Å²) in [7, 11) is 0. The minimum absolute atomic E-state index is 0.304. The van der Waals surface area contributed by atoms with Crippen molar-refractivity contribution in [3.8, 4) is 0 Å². The van der Waals surface area contributed by atoms with Crippen LogP contribution in [-0.4, -0.2) is 0 Å². The molecule has 1 nitrogen and oxygen atoms in total. The number of aryl methyl sites for hydroxylation is 2. The Morgan fingerprint density at radius 1 is 1.00 bits per heavy atom. The summed E-state index contributed by atoms with van der Waals surface area (Å²) in [5.74, 6) is 0. The predicted molar refractivity (Wildman–Crippen MR) is 82.1 cm³/mol. The molecule has 0 fully saturated rings. The Bertz CT molecular complexity index is 528. The molecule has 0 heterocycles. The van der Waals surface area contributed by atoms with Crippen molar-refractivity contribution < 1.29 is 0 Å². The average molecular weight is 304 g/mol. The molecule has 2 rings (SSSR count). The van der Waals surface area contributed by atoms with Gasteiger partial charge < -0.3 is 5.32 Å². The first-order valence-corrected chi connectivity index (χ1v) is 6.94. The zero-order chi connectivity index (χ0) is 13.1. The molecule has 2 heteroatoms. The van der Waals surface area contributed by atoms with Crippen molar-refractivity contribution in [2.75, 3.05) is 5.32 Å². The monoisotopic (exact) mass is 303 g/mol. The Labute approximate surface area is 117 Å². The van der Waals surface area contributed by atoms with Crippen LogP contribution in [0.25, 0.3) is 0 Å². The van der Waals surface area contributed by atoms with Crippen LogP contribution < -0.4 is 5.32 Å². The number of halogens is 1. The van der Waals surface area contributed by atoms with E-state index in [1.807, 2.05) is 0 Å². The molecule has 0 aliphatic carbocycles. The van der Waals surface area contributed by atoms with Crippen LogP contribution in [0.15, 0.2) is 46.9 Å². The average Bonchev–Trinajstić information content (AvgIpc) is 2.27.